The lowest BCUT2D eigenvalue weighted by Gasteiger charge is -2.20. The number of hydrogen-bond donors (Lipinski definition) is 0. The zero-order valence-corrected chi connectivity index (χ0v) is 13.5. The van der Waals surface area contributed by atoms with E-state index in [1.54, 1.807) is 0 Å². The Balaban J connectivity index is 1.72. The predicted octanol–water partition coefficient (Wildman–Crippen LogP) is 5.36. The second-order valence-corrected chi connectivity index (χ2v) is 7.11. The zero-order valence-electron chi connectivity index (χ0n) is 12.0. The van der Waals surface area contributed by atoms with Gasteiger partial charge in [0.2, 0.25) is 0 Å². The summed E-state index contributed by atoms with van der Waals surface area (Å²) in [6, 6.07) is 12.0. The summed E-state index contributed by atoms with van der Waals surface area (Å²) in [5.74, 6) is 1.70. The van der Waals surface area contributed by atoms with Gasteiger partial charge in [-0.1, -0.05) is 61.2 Å². The van der Waals surface area contributed by atoms with Crippen molar-refractivity contribution >= 4 is 23.4 Å². The highest BCUT2D eigenvalue weighted by Gasteiger charge is 2.15. The van der Waals surface area contributed by atoms with Crippen LogP contribution in [0.15, 0.2) is 36.4 Å². The Hall–Kier alpha value is -1.06. The van der Waals surface area contributed by atoms with E-state index < -0.39 is 0 Å². The van der Waals surface area contributed by atoms with Crippen LogP contribution in [0.25, 0.3) is 11.3 Å². The average Bonchev–Trinajstić information content (AvgIpc) is 2.54. The van der Waals surface area contributed by atoms with Crippen LogP contribution in [0, 0.1) is 0 Å². The number of halogens is 1. The van der Waals surface area contributed by atoms with Crippen molar-refractivity contribution in [3.05, 3.63) is 47.4 Å². The van der Waals surface area contributed by atoms with E-state index >= 15 is 0 Å². The largest absolute Gasteiger partial charge is 0.232 e. The lowest BCUT2D eigenvalue weighted by atomic mass is 10.0. The molecule has 0 spiro atoms. The molecule has 1 heterocycles. The molecule has 0 amide bonds. The zero-order chi connectivity index (χ0) is 14.5. The first-order valence-electron chi connectivity index (χ1n) is 7.52. The molecule has 1 aliphatic rings. The van der Waals surface area contributed by atoms with Crippen LogP contribution in [0.1, 0.15) is 37.9 Å². The second-order valence-electron chi connectivity index (χ2n) is 5.43. The van der Waals surface area contributed by atoms with E-state index in [9.17, 15) is 0 Å². The van der Waals surface area contributed by atoms with Gasteiger partial charge in [-0.25, -0.2) is 9.97 Å². The number of thioether (sulfide) groups is 1. The molecule has 21 heavy (non-hydrogen) atoms. The Morgan fingerprint density at radius 1 is 1.05 bits per heavy atom. The van der Waals surface area contributed by atoms with Crippen molar-refractivity contribution in [1.29, 1.82) is 0 Å². The molecule has 0 bridgehead atoms. The molecule has 2 aromatic rings. The minimum atomic E-state index is 0.531. The molecule has 0 unspecified atom stereocenters. The summed E-state index contributed by atoms with van der Waals surface area (Å²) in [6.07, 6.45) is 6.78. The summed E-state index contributed by atoms with van der Waals surface area (Å²) in [5.41, 5.74) is 2.00. The van der Waals surface area contributed by atoms with Gasteiger partial charge in [0.1, 0.15) is 11.0 Å². The topological polar surface area (TPSA) is 25.8 Å². The highest BCUT2D eigenvalue weighted by molar-refractivity contribution is 7.99. The monoisotopic (exact) mass is 318 g/mol. The van der Waals surface area contributed by atoms with Crippen molar-refractivity contribution in [1.82, 2.24) is 9.97 Å². The number of aromatic nitrogens is 2. The molecular formula is C17H19ClN2S. The molecule has 3 rings (SSSR count). The van der Waals surface area contributed by atoms with Crippen LogP contribution >= 0.6 is 23.4 Å². The Bertz CT molecular complexity index is 583. The molecule has 0 saturated heterocycles. The molecule has 110 valence electrons. The highest BCUT2D eigenvalue weighted by Crippen LogP contribution is 2.30. The van der Waals surface area contributed by atoms with Gasteiger partial charge in [-0.3, -0.25) is 0 Å². The maximum Gasteiger partial charge on any atom is 0.140 e. The SMILES string of the molecule is Clc1cc(-c2ccccc2)nc(CSC2CCCCC2)n1. The van der Waals surface area contributed by atoms with Crippen molar-refractivity contribution in [3.63, 3.8) is 0 Å². The van der Waals surface area contributed by atoms with Gasteiger partial charge in [-0.05, 0) is 12.8 Å². The van der Waals surface area contributed by atoms with Crippen LogP contribution in [0.2, 0.25) is 5.15 Å². The summed E-state index contributed by atoms with van der Waals surface area (Å²) >= 11 is 8.14. The first-order valence-corrected chi connectivity index (χ1v) is 8.94. The quantitative estimate of drug-likeness (QED) is 0.709. The van der Waals surface area contributed by atoms with Crippen LogP contribution in [0.5, 0.6) is 0 Å². The van der Waals surface area contributed by atoms with Gasteiger partial charge in [-0.15, -0.1) is 0 Å². The van der Waals surface area contributed by atoms with Gasteiger partial charge in [-0.2, -0.15) is 11.8 Å². The van der Waals surface area contributed by atoms with E-state index in [4.69, 9.17) is 11.6 Å². The van der Waals surface area contributed by atoms with Crippen molar-refractivity contribution in [2.45, 2.75) is 43.1 Å². The summed E-state index contributed by atoms with van der Waals surface area (Å²) in [4.78, 5) is 9.05. The van der Waals surface area contributed by atoms with E-state index in [1.807, 2.05) is 36.0 Å². The van der Waals surface area contributed by atoms with E-state index in [2.05, 4.69) is 22.1 Å². The van der Waals surface area contributed by atoms with Gasteiger partial charge in [0.05, 0.1) is 11.4 Å². The van der Waals surface area contributed by atoms with E-state index in [0.717, 1.165) is 28.1 Å². The van der Waals surface area contributed by atoms with Crippen LogP contribution in [-0.4, -0.2) is 15.2 Å². The molecule has 1 saturated carbocycles. The smallest absolute Gasteiger partial charge is 0.140 e. The molecule has 2 nitrogen and oxygen atoms in total. The molecular weight excluding hydrogens is 300 g/mol. The Labute approximate surface area is 135 Å². The Kier molecular flexibility index (Phi) is 5.15. The van der Waals surface area contributed by atoms with Gasteiger partial charge in [0.25, 0.3) is 0 Å². The molecule has 0 N–H and O–H groups in total. The highest BCUT2D eigenvalue weighted by atomic mass is 35.5. The molecule has 1 aromatic carbocycles. The normalized spacial score (nSPS) is 16.0. The molecule has 4 heteroatoms. The van der Waals surface area contributed by atoms with E-state index in [0.29, 0.717) is 5.15 Å². The van der Waals surface area contributed by atoms with Crippen molar-refractivity contribution in [2.75, 3.05) is 0 Å². The molecule has 0 atom stereocenters. The molecule has 0 aliphatic heterocycles. The predicted molar refractivity (Wildman–Crippen MR) is 90.6 cm³/mol. The van der Waals surface area contributed by atoms with Crippen LogP contribution in [-0.2, 0) is 5.75 Å². The van der Waals surface area contributed by atoms with Crippen molar-refractivity contribution in [2.24, 2.45) is 0 Å². The number of benzene rings is 1. The third kappa shape index (κ3) is 4.21. The fraction of sp³-hybridized carbons (Fsp3) is 0.412. The Morgan fingerprint density at radius 3 is 2.57 bits per heavy atom. The van der Waals surface area contributed by atoms with Crippen LogP contribution < -0.4 is 0 Å². The maximum atomic E-state index is 6.16. The molecule has 1 aromatic heterocycles. The van der Waals surface area contributed by atoms with Gasteiger partial charge >= 0.3 is 0 Å². The number of hydrogen-bond acceptors (Lipinski definition) is 3. The maximum absolute atomic E-state index is 6.16. The third-order valence-electron chi connectivity index (χ3n) is 3.81. The van der Waals surface area contributed by atoms with Gasteiger partial charge in [0, 0.05) is 16.9 Å². The molecule has 1 aliphatic carbocycles. The van der Waals surface area contributed by atoms with Crippen molar-refractivity contribution < 1.29 is 0 Å². The van der Waals surface area contributed by atoms with Crippen molar-refractivity contribution in [3.8, 4) is 11.3 Å². The number of rotatable bonds is 4. The number of nitrogens with zero attached hydrogens (tertiary/aromatic N) is 2. The first kappa shape index (κ1) is 14.9. The minimum absolute atomic E-state index is 0.531. The lowest BCUT2D eigenvalue weighted by Crippen LogP contribution is -2.09. The first-order chi connectivity index (χ1) is 10.3. The average molecular weight is 319 g/mol. The Morgan fingerprint density at radius 2 is 1.81 bits per heavy atom. The van der Waals surface area contributed by atoms with Gasteiger partial charge < -0.3 is 0 Å². The lowest BCUT2D eigenvalue weighted by molar-refractivity contribution is 0.516. The van der Waals surface area contributed by atoms with Crippen LogP contribution in [0.3, 0.4) is 0 Å². The molecule has 1 fully saturated rings. The summed E-state index contributed by atoms with van der Waals surface area (Å²) in [7, 11) is 0. The minimum Gasteiger partial charge on any atom is -0.232 e. The van der Waals surface area contributed by atoms with Gasteiger partial charge in [0.15, 0.2) is 0 Å². The van der Waals surface area contributed by atoms with E-state index in [1.165, 1.54) is 32.1 Å². The summed E-state index contributed by atoms with van der Waals surface area (Å²) in [6.45, 7) is 0. The fourth-order valence-electron chi connectivity index (χ4n) is 2.71. The molecule has 0 radical (unpaired) electrons. The van der Waals surface area contributed by atoms with Crippen LogP contribution in [0.4, 0.5) is 0 Å². The fourth-order valence-corrected chi connectivity index (χ4v) is 4.09. The second kappa shape index (κ2) is 7.28. The standard InChI is InChI=1S/C17H19ClN2S/c18-16-11-15(13-7-3-1-4-8-13)19-17(20-16)12-21-14-9-5-2-6-10-14/h1,3-4,7-8,11,14H,2,5-6,9-10,12H2. The summed E-state index contributed by atoms with van der Waals surface area (Å²) in [5, 5.41) is 1.30. The summed E-state index contributed by atoms with van der Waals surface area (Å²) < 4.78 is 0. The van der Waals surface area contributed by atoms with E-state index in [-0.39, 0.29) is 0 Å². The third-order valence-corrected chi connectivity index (χ3v) is 5.37.